The molecule has 1 heterocycles. The number of rotatable bonds is 7. The number of carbonyl (C=O) groups excluding carboxylic acids is 1. The summed E-state index contributed by atoms with van der Waals surface area (Å²) in [6.45, 7) is 7.68. The number of halogens is 1. The second kappa shape index (κ2) is 7.66. The third kappa shape index (κ3) is 4.43. The van der Waals surface area contributed by atoms with E-state index in [4.69, 9.17) is 0 Å². The highest BCUT2D eigenvalue weighted by Crippen LogP contribution is 2.34. The maximum atomic E-state index is 14.0. The average molecular weight is 408 g/mol. The maximum Gasteiger partial charge on any atom is 0.267 e. The Bertz CT molecular complexity index is 963. The topological polar surface area (TPSA) is 81.1 Å². The minimum atomic E-state index is -4.00. The Hall–Kier alpha value is -2.22. The Morgan fingerprint density at radius 1 is 1.21 bits per heavy atom. The van der Waals surface area contributed by atoms with Gasteiger partial charge in [-0.3, -0.25) is 9.48 Å². The molecule has 1 fully saturated rings. The van der Waals surface area contributed by atoms with Gasteiger partial charge in [0.05, 0.1) is 18.7 Å². The van der Waals surface area contributed by atoms with Crippen LogP contribution >= 0.6 is 0 Å². The van der Waals surface area contributed by atoms with Crippen LogP contribution in [0.2, 0.25) is 0 Å². The zero-order chi connectivity index (χ0) is 20.6. The number of carbonyl (C=O) groups is 1. The molecule has 1 aliphatic carbocycles. The summed E-state index contributed by atoms with van der Waals surface area (Å²) in [6.07, 6.45) is 4.54. The molecule has 28 heavy (non-hydrogen) atoms. The molecule has 1 aromatic carbocycles. The number of nitrogens with zero attached hydrogens (tertiary/aromatic N) is 2. The summed E-state index contributed by atoms with van der Waals surface area (Å²) < 4.78 is 42.8. The second-order valence-corrected chi connectivity index (χ2v) is 9.65. The number of aromatic nitrogens is 2. The lowest BCUT2D eigenvalue weighted by Crippen LogP contribution is -2.32. The van der Waals surface area contributed by atoms with Crippen molar-refractivity contribution in [2.75, 3.05) is 0 Å². The van der Waals surface area contributed by atoms with Crippen LogP contribution in [0, 0.1) is 5.82 Å². The summed E-state index contributed by atoms with van der Waals surface area (Å²) in [5, 5.41) is 4.06. The number of hydrogen-bond donors (Lipinski definition) is 1. The van der Waals surface area contributed by atoms with Gasteiger partial charge in [0.1, 0.15) is 10.7 Å². The van der Waals surface area contributed by atoms with Gasteiger partial charge in [0.15, 0.2) is 0 Å². The molecule has 0 atom stereocenters. The van der Waals surface area contributed by atoms with Gasteiger partial charge in [0, 0.05) is 6.20 Å². The molecule has 152 valence electrons. The Labute approximate surface area is 165 Å². The van der Waals surface area contributed by atoms with Gasteiger partial charge in [-0.2, -0.15) is 5.10 Å². The van der Waals surface area contributed by atoms with E-state index in [1.807, 2.05) is 27.7 Å². The van der Waals surface area contributed by atoms with Crippen molar-refractivity contribution in [1.82, 2.24) is 14.5 Å². The average Bonchev–Trinajstić information content (AvgIpc) is 3.31. The van der Waals surface area contributed by atoms with Crippen molar-refractivity contribution in [3.8, 4) is 0 Å². The number of nitrogens with one attached hydrogen (secondary N) is 1. The van der Waals surface area contributed by atoms with E-state index in [1.54, 1.807) is 4.68 Å². The lowest BCUT2D eigenvalue weighted by Gasteiger charge is -2.19. The molecule has 1 saturated carbocycles. The van der Waals surface area contributed by atoms with Gasteiger partial charge >= 0.3 is 0 Å². The largest absolute Gasteiger partial charge is 0.274 e. The van der Waals surface area contributed by atoms with Crippen LogP contribution in [-0.2, 0) is 21.2 Å². The van der Waals surface area contributed by atoms with Gasteiger partial charge in [-0.25, -0.2) is 17.5 Å². The first-order valence-electron chi connectivity index (χ1n) is 9.50. The van der Waals surface area contributed by atoms with Gasteiger partial charge in [0.25, 0.3) is 10.0 Å². The van der Waals surface area contributed by atoms with Crippen LogP contribution in [0.3, 0.4) is 0 Å². The Morgan fingerprint density at radius 2 is 1.79 bits per heavy atom. The highest BCUT2D eigenvalue weighted by molar-refractivity contribution is 7.90. The number of sulfonamides is 1. The summed E-state index contributed by atoms with van der Waals surface area (Å²) in [4.78, 5) is 12.5. The van der Waals surface area contributed by atoms with Crippen LogP contribution in [0.1, 0.15) is 75.1 Å². The standard InChI is InChI=1S/C20H26FN3O3S/c1-12(2)17-7-14(21)8-18(13(3)4)19(17)9-20(25)23-28(26,27)16-10-22-24(11-16)15-5-6-15/h7-8,10-13,15H,5-6,9H2,1-4H3,(H,23,25). The van der Waals surface area contributed by atoms with Crippen LogP contribution in [0.4, 0.5) is 4.39 Å². The van der Waals surface area contributed by atoms with E-state index in [1.165, 1.54) is 24.5 Å². The van der Waals surface area contributed by atoms with E-state index in [-0.39, 0.29) is 35.0 Å². The number of amides is 1. The first-order chi connectivity index (χ1) is 13.1. The minimum absolute atomic E-state index is 0.00406. The lowest BCUT2D eigenvalue weighted by atomic mass is 9.87. The molecule has 0 saturated heterocycles. The van der Waals surface area contributed by atoms with Gasteiger partial charge in [-0.15, -0.1) is 0 Å². The van der Waals surface area contributed by atoms with Crippen LogP contribution in [0.15, 0.2) is 29.4 Å². The van der Waals surface area contributed by atoms with Crippen molar-refractivity contribution in [3.63, 3.8) is 0 Å². The summed E-state index contributed by atoms with van der Waals surface area (Å²) in [5.74, 6) is -0.986. The molecule has 0 radical (unpaired) electrons. The van der Waals surface area contributed by atoms with Crippen molar-refractivity contribution in [3.05, 3.63) is 47.0 Å². The molecule has 0 spiro atoms. The molecular formula is C20H26FN3O3S. The van der Waals surface area contributed by atoms with Crippen LogP contribution in [-0.4, -0.2) is 24.1 Å². The first-order valence-corrected chi connectivity index (χ1v) is 11.0. The third-order valence-corrected chi connectivity index (χ3v) is 6.25. The zero-order valence-electron chi connectivity index (χ0n) is 16.6. The SMILES string of the molecule is CC(C)c1cc(F)cc(C(C)C)c1CC(=O)NS(=O)(=O)c1cnn(C2CC2)c1. The molecule has 0 aliphatic heterocycles. The highest BCUT2D eigenvalue weighted by Gasteiger charge is 2.28. The molecule has 1 aromatic heterocycles. The van der Waals surface area contributed by atoms with E-state index in [9.17, 15) is 17.6 Å². The quantitative estimate of drug-likeness (QED) is 0.760. The molecule has 1 N–H and O–H groups in total. The minimum Gasteiger partial charge on any atom is -0.274 e. The summed E-state index contributed by atoms with van der Waals surface area (Å²) >= 11 is 0. The monoisotopic (exact) mass is 407 g/mol. The Kier molecular flexibility index (Phi) is 5.61. The van der Waals surface area contributed by atoms with E-state index >= 15 is 0 Å². The molecule has 0 bridgehead atoms. The number of benzene rings is 1. The molecule has 3 rings (SSSR count). The summed E-state index contributed by atoms with van der Waals surface area (Å²) in [6, 6.07) is 3.10. The lowest BCUT2D eigenvalue weighted by molar-refractivity contribution is -0.118. The predicted octanol–water partition coefficient (Wildman–Crippen LogP) is 3.65. The molecular weight excluding hydrogens is 381 g/mol. The van der Waals surface area contributed by atoms with Gasteiger partial charge < -0.3 is 0 Å². The smallest absolute Gasteiger partial charge is 0.267 e. The van der Waals surface area contributed by atoms with Crippen molar-refractivity contribution < 1.29 is 17.6 Å². The fourth-order valence-corrected chi connectivity index (χ4v) is 4.24. The molecule has 6 nitrogen and oxygen atoms in total. The summed E-state index contributed by atoms with van der Waals surface area (Å²) in [7, 11) is -4.00. The van der Waals surface area contributed by atoms with Gasteiger partial charge in [-0.1, -0.05) is 27.7 Å². The van der Waals surface area contributed by atoms with Gasteiger partial charge in [-0.05, 0) is 53.5 Å². The zero-order valence-corrected chi connectivity index (χ0v) is 17.4. The Balaban J connectivity index is 1.84. The predicted molar refractivity (Wildman–Crippen MR) is 104 cm³/mol. The normalized spacial score (nSPS) is 14.7. The van der Waals surface area contributed by atoms with E-state index < -0.39 is 15.9 Å². The van der Waals surface area contributed by atoms with Crippen LogP contribution in [0.25, 0.3) is 0 Å². The second-order valence-electron chi connectivity index (χ2n) is 7.96. The van der Waals surface area contributed by atoms with E-state index in [0.717, 1.165) is 24.0 Å². The molecule has 0 unspecified atom stereocenters. The number of hydrogen-bond acceptors (Lipinski definition) is 4. The van der Waals surface area contributed by atoms with Crippen LogP contribution in [0.5, 0.6) is 0 Å². The summed E-state index contributed by atoms with van der Waals surface area (Å²) in [5.41, 5.74) is 2.13. The van der Waals surface area contributed by atoms with Gasteiger partial charge in [0.2, 0.25) is 5.91 Å². The first kappa shape index (κ1) is 20.5. The molecule has 2 aromatic rings. The molecule has 1 amide bonds. The van der Waals surface area contributed by atoms with Crippen molar-refractivity contribution in [1.29, 1.82) is 0 Å². The van der Waals surface area contributed by atoms with Crippen molar-refractivity contribution in [2.45, 2.75) is 69.7 Å². The van der Waals surface area contributed by atoms with Crippen LogP contribution < -0.4 is 4.72 Å². The van der Waals surface area contributed by atoms with E-state index in [2.05, 4.69) is 9.82 Å². The third-order valence-electron chi connectivity index (χ3n) is 4.92. The fraction of sp³-hybridized carbons (Fsp3) is 0.500. The Morgan fingerprint density at radius 3 is 2.29 bits per heavy atom. The maximum absolute atomic E-state index is 14.0. The van der Waals surface area contributed by atoms with Crippen molar-refractivity contribution in [2.24, 2.45) is 0 Å². The molecule has 1 aliphatic rings. The molecule has 8 heteroatoms. The van der Waals surface area contributed by atoms with E-state index in [0.29, 0.717) is 5.56 Å². The highest BCUT2D eigenvalue weighted by atomic mass is 32.2. The van der Waals surface area contributed by atoms with Crippen molar-refractivity contribution >= 4 is 15.9 Å². The fourth-order valence-electron chi connectivity index (χ4n) is 3.32.